The maximum Gasteiger partial charge on any atom is 0.262 e. The van der Waals surface area contributed by atoms with Crippen molar-refractivity contribution in [2.75, 3.05) is 36.5 Å². The molecule has 1 aliphatic rings. The molecular weight excluding hydrogens is 394 g/mol. The van der Waals surface area contributed by atoms with Crippen molar-refractivity contribution in [1.29, 1.82) is 0 Å². The van der Waals surface area contributed by atoms with Crippen LogP contribution in [0.2, 0.25) is 0 Å². The molecule has 0 bridgehead atoms. The van der Waals surface area contributed by atoms with Gasteiger partial charge < -0.3 is 15.0 Å². The Morgan fingerprint density at radius 2 is 1.84 bits per heavy atom. The van der Waals surface area contributed by atoms with Gasteiger partial charge in [-0.05, 0) is 43.3 Å². The van der Waals surface area contributed by atoms with Gasteiger partial charge in [0.05, 0.1) is 29.8 Å². The number of fused-ring (bicyclic) bond motifs is 3. The third-order valence-electron chi connectivity index (χ3n) is 5.53. The standard InChI is InChI=1S/C23H23N5O3/c1-16-14-22-27(23(30)19-4-2-3-5-20(19)28(22)25-16)15-21(29)24-17-6-8-18(9-7-17)26-10-12-31-13-11-26/h2-9,14H,10-13,15H2,1H3,(H,24,29). The predicted molar refractivity (Wildman–Crippen MR) is 120 cm³/mol. The lowest BCUT2D eigenvalue weighted by Crippen LogP contribution is -2.36. The van der Waals surface area contributed by atoms with Gasteiger partial charge in [0.2, 0.25) is 5.91 Å². The summed E-state index contributed by atoms with van der Waals surface area (Å²) < 4.78 is 8.58. The van der Waals surface area contributed by atoms with Gasteiger partial charge in [-0.1, -0.05) is 12.1 Å². The van der Waals surface area contributed by atoms with E-state index in [-0.39, 0.29) is 18.0 Å². The van der Waals surface area contributed by atoms with Gasteiger partial charge in [-0.15, -0.1) is 0 Å². The molecule has 0 saturated carbocycles. The van der Waals surface area contributed by atoms with Crippen LogP contribution in [-0.2, 0) is 16.1 Å². The van der Waals surface area contributed by atoms with Crippen molar-refractivity contribution in [2.45, 2.75) is 13.5 Å². The van der Waals surface area contributed by atoms with Crippen LogP contribution in [0.5, 0.6) is 0 Å². The fraction of sp³-hybridized carbons (Fsp3) is 0.261. The minimum absolute atomic E-state index is 0.0937. The highest BCUT2D eigenvalue weighted by Gasteiger charge is 2.16. The van der Waals surface area contributed by atoms with Crippen molar-refractivity contribution < 1.29 is 9.53 Å². The molecule has 158 valence electrons. The van der Waals surface area contributed by atoms with Crippen LogP contribution < -0.4 is 15.8 Å². The Balaban J connectivity index is 1.40. The SMILES string of the molecule is Cc1cc2n(CC(=O)Nc3ccc(N4CCOCC4)cc3)c(=O)c3ccccc3n2n1. The Hall–Kier alpha value is -3.65. The van der Waals surface area contributed by atoms with Crippen molar-refractivity contribution in [3.63, 3.8) is 0 Å². The first-order valence-corrected chi connectivity index (χ1v) is 10.3. The molecule has 4 aromatic rings. The molecule has 31 heavy (non-hydrogen) atoms. The number of carbonyl (C=O) groups is 1. The number of morpholine rings is 1. The molecular formula is C23H23N5O3. The number of para-hydroxylation sites is 1. The lowest BCUT2D eigenvalue weighted by atomic mass is 10.2. The Bertz CT molecular complexity index is 1320. The van der Waals surface area contributed by atoms with Gasteiger partial charge in [-0.25, -0.2) is 4.52 Å². The molecule has 1 fully saturated rings. The van der Waals surface area contributed by atoms with E-state index in [4.69, 9.17) is 4.74 Å². The Morgan fingerprint density at radius 1 is 1.10 bits per heavy atom. The molecule has 1 N–H and O–H groups in total. The highest BCUT2D eigenvalue weighted by Crippen LogP contribution is 2.19. The molecule has 1 saturated heterocycles. The van der Waals surface area contributed by atoms with E-state index >= 15 is 0 Å². The van der Waals surface area contributed by atoms with Crippen molar-refractivity contribution in [3.8, 4) is 0 Å². The van der Waals surface area contributed by atoms with Crippen LogP contribution in [0.25, 0.3) is 16.6 Å². The maximum atomic E-state index is 13.1. The molecule has 1 amide bonds. The van der Waals surface area contributed by atoms with E-state index < -0.39 is 0 Å². The molecule has 2 aromatic heterocycles. The van der Waals surface area contributed by atoms with E-state index in [0.29, 0.717) is 16.7 Å². The number of nitrogens with one attached hydrogen (secondary N) is 1. The minimum atomic E-state index is -0.266. The second-order valence-electron chi connectivity index (χ2n) is 7.66. The Kier molecular flexibility index (Phi) is 4.91. The second-order valence-corrected chi connectivity index (χ2v) is 7.66. The van der Waals surface area contributed by atoms with E-state index in [1.54, 1.807) is 10.6 Å². The summed E-state index contributed by atoms with van der Waals surface area (Å²) in [5.74, 6) is -0.266. The topological polar surface area (TPSA) is 80.9 Å². The van der Waals surface area contributed by atoms with Crippen LogP contribution in [0.4, 0.5) is 11.4 Å². The third kappa shape index (κ3) is 3.66. The normalized spacial score (nSPS) is 14.3. The number of benzene rings is 2. The molecule has 2 aromatic carbocycles. The van der Waals surface area contributed by atoms with Gasteiger partial charge in [0.1, 0.15) is 12.2 Å². The number of carbonyl (C=O) groups excluding carboxylic acids is 1. The van der Waals surface area contributed by atoms with E-state index in [2.05, 4.69) is 15.3 Å². The summed E-state index contributed by atoms with van der Waals surface area (Å²) >= 11 is 0. The zero-order valence-electron chi connectivity index (χ0n) is 17.2. The Morgan fingerprint density at radius 3 is 2.61 bits per heavy atom. The van der Waals surface area contributed by atoms with Crippen LogP contribution in [-0.4, -0.2) is 46.4 Å². The average Bonchev–Trinajstić information content (AvgIpc) is 3.19. The number of nitrogens with zero attached hydrogens (tertiary/aromatic N) is 4. The largest absolute Gasteiger partial charge is 0.378 e. The number of aromatic nitrogens is 3. The number of anilines is 2. The summed E-state index contributed by atoms with van der Waals surface area (Å²) in [4.78, 5) is 28.1. The molecule has 0 radical (unpaired) electrons. The van der Waals surface area contributed by atoms with Crippen LogP contribution in [0.1, 0.15) is 5.69 Å². The lowest BCUT2D eigenvalue weighted by Gasteiger charge is -2.28. The highest BCUT2D eigenvalue weighted by molar-refractivity contribution is 5.91. The molecule has 0 unspecified atom stereocenters. The number of ether oxygens (including phenoxy) is 1. The molecule has 0 spiro atoms. The quantitative estimate of drug-likeness (QED) is 0.552. The number of amides is 1. The molecule has 0 atom stereocenters. The van der Waals surface area contributed by atoms with E-state index in [0.717, 1.165) is 43.2 Å². The van der Waals surface area contributed by atoms with Crippen molar-refractivity contribution in [3.05, 3.63) is 70.6 Å². The molecule has 5 rings (SSSR count). The minimum Gasteiger partial charge on any atom is -0.378 e. The summed E-state index contributed by atoms with van der Waals surface area (Å²) in [6, 6.07) is 16.8. The van der Waals surface area contributed by atoms with Gasteiger partial charge in [-0.3, -0.25) is 14.2 Å². The van der Waals surface area contributed by atoms with Gasteiger partial charge >= 0.3 is 0 Å². The van der Waals surface area contributed by atoms with Crippen molar-refractivity contribution in [2.24, 2.45) is 0 Å². The summed E-state index contributed by atoms with van der Waals surface area (Å²) in [5.41, 5.74) is 3.69. The van der Waals surface area contributed by atoms with Crippen LogP contribution in [0.3, 0.4) is 0 Å². The lowest BCUT2D eigenvalue weighted by molar-refractivity contribution is -0.116. The van der Waals surface area contributed by atoms with Crippen LogP contribution in [0, 0.1) is 6.92 Å². The van der Waals surface area contributed by atoms with Gasteiger partial charge in [0.25, 0.3) is 5.56 Å². The van der Waals surface area contributed by atoms with E-state index in [9.17, 15) is 9.59 Å². The first-order chi connectivity index (χ1) is 15.1. The Labute approximate surface area is 178 Å². The third-order valence-corrected chi connectivity index (χ3v) is 5.53. The summed E-state index contributed by atoms with van der Waals surface area (Å²) in [6.45, 7) is 4.94. The number of rotatable bonds is 4. The van der Waals surface area contributed by atoms with Crippen molar-refractivity contribution >= 4 is 33.8 Å². The fourth-order valence-electron chi connectivity index (χ4n) is 4.02. The fourth-order valence-corrected chi connectivity index (χ4v) is 4.02. The maximum absolute atomic E-state index is 13.1. The molecule has 8 heteroatoms. The first kappa shape index (κ1) is 19.3. The smallest absolute Gasteiger partial charge is 0.262 e. The van der Waals surface area contributed by atoms with Gasteiger partial charge in [-0.2, -0.15) is 5.10 Å². The van der Waals surface area contributed by atoms with E-state index in [1.165, 1.54) is 4.57 Å². The number of hydrogen-bond donors (Lipinski definition) is 1. The zero-order chi connectivity index (χ0) is 21.4. The van der Waals surface area contributed by atoms with Gasteiger partial charge in [0, 0.05) is 30.5 Å². The van der Waals surface area contributed by atoms with Crippen LogP contribution >= 0.6 is 0 Å². The predicted octanol–water partition coefficient (Wildman–Crippen LogP) is 2.43. The van der Waals surface area contributed by atoms with Crippen molar-refractivity contribution in [1.82, 2.24) is 14.2 Å². The summed E-state index contributed by atoms with van der Waals surface area (Å²) in [7, 11) is 0. The number of hydrogen-bond acceptors (Lipinski definition) is 5. The van der Waals surface area contributed by atoms with E-state index in [1.807, 2.05) is 55.5 Å². The average molecular weight is 417 g/mol. The molecule has 0 aliphatic carbocycles. The molecule has 3 heterocycles. The zero-order valence-corrected chi connectivity index (χ0v) is 17.2. The second kappa shape index (κ2) is 7.88. The number of aryl methyl sites for hydroxylation is 1. The highest BCUT2D eigenvalue weighted by atomic mass is 16.5. The summed E-state index contributed by atoms with van der Waals surface area (Å²) in [6.07, 6.45) is 0. The monoisotopic (exact) mass is 417 g/mol. The summed E-state index contributed by atoms with van der Waals surface area (Å²) in [5, 5.41) is 7.92. The van der Waals surface area contributed by atoms with Gasteiger partial charge in [0.15, 0.2) is 0 Å². The molecule has 1 aliphatic heterocycles. The first-order valence-electron chi connectivity index (χ1n) is 10.3. The molecule has 8 nitrogen and oxygen atoms in total. The van der Waals surface area contributed by atoms with Crippen LogP contribution in [0.15, 0.2) is 59.4 Å².